The fourth-order valence-corrected chi connectivity index (χ4v) is 1.22. The molecule has 2 nitrogen and oxygen atoms in total. The maximum absolute atomic E-state index is 12.8. The van der Waals surface area contributed by atoms with Crippen molar-refractivity contribution in [2.24, 2.45) is 0 Å². The molecule has 0 fully saturated rings. The second-order valence-corrected chi connectivity index (χ2v) is 2.95. The van der Waals surface area contributed by atoms with Crippen LogP contribution in [0.2, 0.25) is 0 Å². The Morgan fingerprint density at radius 1 is 1.21 bits per heavy atom. The molecule has 0 amide bonds. The zero-order valence-corrected chi connectivity index (χ0v) is 7.32. The molecule has 0 saturated heterocycles. The average Bonchev–Trinajstić information content (AvgIpc) is 2.64. The van der Waals surface area contributed by atoms with Crippen LogP contribution in [0.5, 0.6) is 0 Å². The van der Waals surface area contributed by atoms with Crippen LogP contribution in [0.4, 0.5) is 8.78 Å². The van der Waals surface area contributed by atoms with Crippen molar-refractivity contribution < 1.29 is 8.78 Å². The van der Waals surface area contributed by atoms with Gasteiger partial charge in [-0.25, -0.2) is 8.78 Å². The van der Waals surface area contributed by atoms with Gasteiger partial charge in [0.15, 0.2) is 11.6 Å². The molecule has 2 aromatic rings. The van der Waals surface area contributed by atoms with Crippen molar-refractivity contribution in [1.29, 1.82) is 0 Å². The van der Waals surface area contributed by atoms with Crippen molar-refractivity contribution in [1.82, 2.24) is 9.78 Å². The van der Waals surface area contributed by atoms with Gasteiger partial charge in [-0.05, 0) is 23.8 Å². The third kappa shape index (κ3) is 1.79. The molecule has 0 saturated carbocycles. The molecule has 0 N–H and O–H groups in total. The number of rotatable bonds is 2. The molecule has 1 aromatic heterocycles. The van der Waals surface area contributed by atoms with E-state index >= 15 is 0 Å². The Morgan fingerprint density at radius 3 is 2.71 bits per heavy atom. The van der Waals surface area contributed by atoms with E-state index in [1.54, 1.807) is 29.2 Å². The fourth-order valence-electron chi connectivity index (χ4n) is 1.22. The minimum Gasteiger partial charge on any atom is -0.268 e. The summed E-state index contributed by atoms with van der Waals surface area (Å²) in [7, 11) is 0. The predicted molar refractivity (Wildman–Crippen MR) is 47.7 cm³/mol. The maximum atomic E-state index is 12.8. The predicted octanol–water partition coefficient (Wildman–Crippen LogP) is 2.21. The first-order chi connectivity index (χ1) is 6.75. The smallest absolute Gasteiger partial charge is 0.159 e. The molecule has 4 heteroatoms. The molecule has 0 spiro atoms. The molecule has 2 rings (SSSR count). The van der Waals surface area contributed by atoms with E-state index in [9.17, 15) is 8.78 Å². The van der Waals surface area contributed by atoms with Gasteiger partial charge < -0.3 is 0 Å². The van der Waals surface area contributed by atoms with Gasteiger partial charge >= 0.3 is 0 Å². The van der Waals surface area contributed by atoms with E-state index in [4.69, 9.17) is 0 Å². The number of halogens is 2. The van der Waals surface area contributed by atoms with Crippen LogP contribution < -0.4 is 0 Å². The van der Waals surface area contributed by atoms with Crippen LogP contribution in [0.1, 0.15) is 5.56 Å². The SMILES string of the molecule is Fc1ccc(Cn2cccn2)cc1F. The third-order valence-corrected chi connectivity index (χ3v) is 1.89. The fraction of sp³-hybridized carbons (Fsp3) is 0.100. The molecule has 1 heterocycles. The van der Waals surface area contributed by atoms with Gasteiger partial charge in [-0.3, -0.25) is 4.68 Å². The van der Waals surface area contributed by atoms with Gasteiger partial charge in [-0.2, -0.15) is 5.10 Å². The molecule has 1 aromatic carbocycles. The summed E-state index contributed by atoms with van der Waals surface area (Å²) in [6, 6.07) is 5.62. The zero-order chi connectivity index (χ0) is 9.97. The number of nitrogens with zero attached hydrogens (tertiary/aromatic N) is 2. The second kappa shape index (κ2) is 3.57. The van der Waals surface area contributed by atoms with Crippen molar-refractivity contribution in [3.63, 3.8) is 0 Å². The first kappa shape index (κ1) is 8.87. The highest BCUT2D eigenvalue weighted by atomic mass is 19.2. The topological polar surface area (TPSA) is 17.8 Å². The molecule has 0 aliphatic carbocycles. The Bertz CT molecular complexity index is 424. The van der Waals surface area contributed by atoms with Crippen molar-refractivity contribution in [2.75, 3.05) is 0 Å². The van der Waals surface area contributed by atoms with Gasteiger partial charge in [0.1, 0.15) is 0 Å². The summed E-state index contributed by atoms with van der Waals surface area (Å²) in [4.78, 5) is 0. The monoisotopic (exact) mass is 194 g/mol. The standard InChI is InChI=1S/C10H8F2N2/c11-9-3-2-8(6-10(9)12)7-14-5-1-4-13-14/h1-6H,7H2. The first-order valence-corrected chi connectivity index (χ1v) is 4.17. The summed E-state index contributed by atoms with van der Waals surface area (Å²) in [5.41, 5.74) is 0.688. The number of aromatic nitrogens is 2. The normalized spacial score (nSPS) is 10.4. The maximum Gasteiger partial charge on any atom is 0.159 e. The van der Waals surface area contributed by atoms with Gasteiger partial charge in [0.25, 0.3) is 0 Å². The zero-order valence-electron chi connectivity index (χ0n) is 7.32. The second-order valence-electron chi connectivity index (χ2n) is 2.95. The Labute approximate surface area is 79.8 Å². The third-order valence-electron chi connectivity index (χ3n) is 1.89. The lowest BCUT2D eigenvalue weighted by Gasteiger charge is -2.01. The van der Waals surface area contributed by atoms with Gasteiger partial charge in [0.05, 0.1) is 6.54 Å². The van der Waals surface area contributed by atoms with Crippen LogP contribution in [-0.2, 0) is 6.54 Å². The van der Waals surface area contributed by atoms with Crippen LogP contribution in [0.3, 0.4) is 0 Å². The lowest BCUT2D eigenvalue weighted by atomic mass is 10.2. The minimum absolute atomic E-state index is 0.449. The van der Waals surface area contributed by atoms with E-state index in [1.165, 1.54) is 6.07 Å². The average molecular weight is 194 g/mol. The van der Waals surface area contributed by atoms with E-state index in [-0.39, 0.29) is 0 Å². The Kier molecular flexibility index (Phi) is 2.26. The summed E-state index contributed by atoms with van der Waals surface area (Å²) in [6.07, 6.45) is 3.40. The van der Waals surface area contributed by atoms with Crippen LogP contribution in [0.25, 0.3) is 0 Å². The number of benzene rings is 1. The molecule has 0 radical (unpaired) electrons. The van der Waals surface area contributed by atoms with Gasteiger partial charge in [0, 0.05) is 12.4 Å². The van der Waals surface area contributed by atoms with Gasteiger partial charge in [-0.15, -0.1) is 0 Å². The van der Waals surface area contributed by atoms with Gasteiger partial charge in [-0.1, -0.05) is 6.07 Å². The highest BCUT2D eigenvalue weighted by Gasteiger charge is 2.02. The quantitative estimate of drug-likeness (QED) is 0.716. The molecule has 72 valence electrons. The molecule has 14 heavy (non-hydrogen) atoms. The first-order valence-electron chi connectivity index (χ1n) is 4.17. The van der Waals surface area contributed by atoms with Crippen molar-refractivity contribution in [3.8, 4) is 0 Å². The summed E-state index contributed by atoms with van der Waals surface area (Å²) in [6.45, 7) is 0.449. The van der Waals surface area contributed by atoms with E-state index < -0.39 is 11.6 Å². The van der Waals surface area contributed by atoms with E-state index in [0.717, 1.165) is 6.07 Å². The van der Waals surface area contributed by atoms with Crippen LogP contribution in [0, 0.1) is 11.6 Å². The number of hydrogen-bond acceptors (Lipinski definition) is 1. The van der Waals surface area contributed by atoms with Crippen molar-refractivity contribution in [2.45, 2.75) is 6.54 Å². The Hall–Kier alpha value is -1.71. The van der Waals surface area contributed by atoms with Gasteiger partial charge in [0.2, 0.25) is 0 Å². The Balaban J connectivity index is 2.22. The molecule has 0 bridgehead atoms. The summed E-state index contributed by atoms with van der Waals surface area (Å²) >= 11 is 0. The van der Waals surface area contributed by atoms with E-state index in [2.05, 4.69) is 5.10 Å². The van der Waals surface area contributed by atoms with Crippen molar-refractivity contribution >= 4 is 0 Å². The van der Waals surface area contributed by atoms with Crippen LogP contribution in [-0.4, -0.2) is 9.78 Å². The lowest BCUT2D eigenvalue weighted by molar-refractivity contribution is 0.506. The number of hydrogen-bond donors (Lipinski definition) is 0. The molecular formula is C10H8F2N2. The summed E-state index contributed by atoms with van der Waals surface area (Å²) in [5.74, 6) is -1.65. The highest BCUT2D eigenvalue weighted by molar-refractivity contribution is 5.17. The Morgan fingerprint density at radius 2 is 2.07 bits per heavy atom. The van der Waals surface area contributed by atoms with Crippen LogP contribution in [0.15, 0.2) is 36.7 Å². The molecule has 0 unspecified atom stereocenters. The molecular weight excluding hydrogens is 186 g/mol. The van der Waals surface area contributed by atoms with E-state index in [1.807, 2.05) is 0 Å². The summed E-state index contributed by atoms with van der Waals surface area (Å²) in [5, 5.41) is 3.96. The molecule has 0 atom stereocenters. The largest absolute Gasteiger partial charge is 0.268 e. The minimum atomic E-state index is -0.825. The van der Waals surface area contributed by atoms with Crippen LogP contribution >= 0.6 is 0 Å². The van der Waals surface area contributed by atoms with Crippen molar-refractivity contribution in [3.05, 3.63) is 53.9 Å². The van der Waals surface area contributed by atoms with E-state index in [0.29, 0.717) is 12.1 Å². The highest BCUT2D eigenvalue weighted by Crippen LogP contribution is 2.09. The molecule has 0 aliphatic heterocycles. The lowest BCUT2D eigenvalue weighted by Crippen LogP contribution is -2.00. The molecule has 0 aliphatic rings. The summed E-state index contributed by atoms with van der Waals surface area (Å²) < 4.78 is 27.0.